The fourth-order valence-electron chi connectivity index (χ4n) is 1.89. The zero-order valence-corrected chi connectivity index (χ0v) is 14.9. The van der Waals surface area contributed by atoms with Gasteiger partial charge in [0, 0.05) is 5.02 Å². The summed E-state index contributed by atoms with van der Waals surface area (Å²) in [5, 5.41) is 3.56. The van der Waals surface area contributed by atoms with Crippen molar-refractivity contribution in [2.24, 2.45) is 0 Å². The smallest absolute Gasteiger partial charge is 0.262 e. The van der Waals surface area contributed by atoms with Crippen LogP contribution in [0.5, 0.6) is 11.5 Å². The van der Waals surface area contributed by atoms with E-state index in [1.54, 1.807) is 30.3 Å². The second-order valence-electron chi connectivity index (χ2n) is 5.13. The second kappa shape index (κ2) is 9.40. The number of benzene rings is 2. The van der Waals surface area contributed by atoms with E-state index in [2.05, 4.69) is 12.2 Å². The van der Waals surface area contributed by atoms with Crippen molar-refractivity contribution >= 4 is 34.8 Å². The number of halogens is 2. The van der Waals surface area contributed by atoms with E-state index in [-0.39, 0.29) is 12.5 Å². The van der Waals surface area contributed by atoms with Crippen LogP contribution in [0.15, 0.2) is 42.5 Å². The molecule has 0 saturated carbocycles. The Kier molecular flexibility index (Phi) is 7.22. The van der Waals surface area contributed by atoms with Crippen LogP contribution in [0.2, 0.25) is 10.0 Å². The van der Waals surface area contributed by atoms with Crippen molar-refractivity contribution in [2.75, 3.05) is 18.5 Å². The summed E-state index contributed by atoms with van der Waals surface area (Å²) in [6.07, 6.45) is 2.11. The van der Waals surface area contributed by atoms with Crippen LogP contribution in [0.25, 0.3) is 0 Å². The lowest BCUT2D eigenvalue weighted by atomic mass is 10.3. The van der Waals surface area contributed by atoms with Crippen molar-refractivity contribution in [3.63, 3.8) is 0 Å². The number of hydrogen-bond donors (Lipinski definition) is 1. The fourth-order valence-corrected chi connectivity index (χ4v) is 2.35. The molecular weight excluding hydrogens is 349 g/mol. The van der Waals surface area contributed by atoms with E-state index in [4.69, 9.17) is 32.7 Å². The standard InChI is InChI=1S/C18H19Cl2NO3/c1-2-3-10-23-14-5-7-15(8-6-14)24-12-18(22)21-17-9-4-13(19)11-16(17)20/h4-9,11H,2-3,10,12H2,1H3,(H,21,22). The Hall–Kier alpha value is -1.91. The van der Waals surface area contributed by atoms with Crippen molar-refractivity contribution in [3.05, 3.63) is 52.5 Å². The van der Waals surface area contributed by atoms with Crippen molar-refractivity contribution in [1.29, 1.82) is 0 Å². The predicted octanol–water partition coefficient (Wildman–Crippen LogP) is 5.19. The minimum absolute atomic E-state index is 0.116. The highest BCUT2D eigenvalue weighted by atomic mass is 35.5. The molecule has 0 heterocycles. The molecule has 2 aromatic carbocycles. The lowest BCUT2D eigenvalue weighted by molar-refractivity contribution is -0.118. The Morgan fingerprint density at radius 3 is 2.33 bits per heavy atom. The second-order valence-corrected chi connectivity index (χ2v) is 5.98. The molecule has 0 saturated heterocycles. The quantitative estimate of drug-likeness (QED) is 0.653. The Balaban J connectivity index is 1.81. The van der Waals surface area contributed by atoms with E-state index in [1.807, 2.05) is 12.1 Å². The molecule has 1 N–H and O–H groups in total. The van der Waals surface area contributed by atoms with E-state index < -0.39 is 0 Å². The summed E-state index contributed by atoms with van der Waals surface area (Å²) in [5.41, 5.74) is 0.495. The summed E-state index contributed by atoms with van der Waals surface area (Å²) >= 11 is 11.8. The van der Waals surface area contributed by atoms with Gasteiger partial charge in [-0.3, -0.25) is 4.79 Å². The minimum Gasteiger partial charge on any atom is -0.494 e. The molecule has 0 bridgehead atoms. The van der Waals surface area contributed by atoms with Crippen molar-refractivity contribution in [1.82, 2.24) is 0 Å². The van der Waals surface area contributed by atoms with E-state index in [0.717, 1.165) is 18.6 Å². The third-order valence-corrected chi connectivity index (χ3v) is 3.71. The summed E-state index contributed by atoms with van der Waals surface area (Å²) in [4.78, 5) is 11.9. The maximum atomic E-state index is 11.9. The highest BCUT2D eigenvalue weighted by molar-refractivity contribution is 6.36. The van der Waals surface area contributed by atoms with Crippen molar-refractivity contribution in [2.45, 2.75) is 19.8 Å². The van der Waals surface area contributed by atoms with Gasteiger partial charge < -0.3 is 14.8 Å². The van der Waals surface area contributed by atoms with Crippen LogP contribution < -0.4 is 14.8 Å². The molecule has 0 fully saturated rings. The molecule has 24 heavy (non-hydrogen) atoms. The zero-order valence-electron chi connectivity index (χ0n) is 13.4. The van der Waals surface area contributed by atoms with Gasteiger partial charge in [0.25, 0.3) is 5.91 Å². The number of carbonyl (C=O) groups is 1. The zero-order chi connectivity index (χ0) is 17.4. The third-order valence-electron chi connectivity index (χ3n) is 3.17. The number of ether oxygens (including phenoxy) is 2. The van der Waals surface area contributed by atoms with E-state index >= 15 is 0 Å². The summed E-state index contributed by atoms with van der Waals surface area (Å²) in [6, 6.07) is 12.0. The summed E-state index contributed by atoms with van der Waals surface area (Å²) < 4.78 is 11.0. The van der Waals surface area contributed by atoms with Crippen LogP contribution in [-0.4, -0.2) is 19.1 Å². The molecule has 6 heteroatoms. The van der Waals surface area contributed by atoms with Gasteiger partial charge in [0.05, 0.1) is 17.3 Å². The highest BCUT2D eigenvalue weighted by Gasteiger charge is 2.07. The van der Waals surface area contributed by atoms with Crippen LogP contribution in [0.4, 0.5) is 5.69 Å². The van der Waals surface area contributed by atoms with Gasteiger partial charge in [-0.15, -0.1) is 0 Å². The van der Waals surface area contributed by atoms with Gasteiger partial charge in [0.1, 0.15) is 11.5 Å². The monoisotopic (exact) mass is 367 g/mol. The molecule has 1 amide bonds. The third kappa shape index (κ3) is 5.95. The Bertz CT molecular complexity index is 674. The Morgan fingerprint density at radius 1 is 1.04 bits per heavy atom. The first-order valence-corrected chi connectivity index (χ1v) is 8.44. The molecule has 0 spiro atoms. The number of anilines is 1. The Morgan fingerprint density at radius 2 is 1.71 bits per heavy atom. The van der Waals surface area contributed by atoms with Crippen LogP contribution in [0.3, 0.4) is 0 Å². The number of hydrogen-bond acceptors (Lipinski definition) is 3. The molecule has 0 aliphatic heterocycles. The van der Waals surface area contributed by atoms with Gasteiger partial charge in [-0.1, -0.05) is 36.5 Å². The molecule has 0 aliphatic rings. The first-order valence-electron chi connectivity index (χ1n) is 7.69. The van der Waals surface area contributed by atoms with Crippen LogP contribution in [0.1, 0.15) is 19.8 Å². The molecule has 128 valence electrons. The van der Waals surface area contributed by atoms with Gasteiger partial charge in [-0.2, -0.15) is 0 Å². The maximum Gasteiger partial charge on any atom is 0.262 e. The maximum absolute atomic E-state index is 11.9. The number of unbranched alkanes of at least 4 members (excludes halogenated alkanes) is 1. The highest BCUT2D eigenvalue weighted by Crippen LogP contribution is 2.25. The molecule has 0 aliphatic carbocycles. The molecule has 0 atom stereocenters. The van der Waals surface area contributed by atoms with Crippen LogP contribution in [0, 0.1) is 0 Å². The number of rotatable bonds is 8. The molecule has 0 unspecified atom stereocenters. The average Bonchev–Trinajstić information content (AvgIpc) is 2.57. The molecule has 2 rings (SSSR count). The average molecular weight is 368 g/mol. The number of carbonyl (C=O) groups excluding carboxylic acids is 1. The predicted molar refractivity (Wildman–Crippen MR) is 97.4 cm³/mol. The SMILES string of the molecule is CCCCOc1ccc(OCC(=O)Nc2ccc(Cl)cc2Cl)cc1. The van der Waals surface area contributed by atoms with Gasteiger partial charge in [0.15, 0.2) is 6.61 Å². The normalized spacial score (nSPS) is 10.3. The van der Waals surface area contributed by atoms with E-state index in [1.165, 1.54) is 0 Å². The van der Waals surface area contributed by atoms with Gasteiger partial charge in [0.2, 0.25) is 0 Å². The summed E-state index contributed by atoms with van der Waals surface area (Å²) in [7, 11) is 0. The van der Waals surface area contributed by atoms with E-state index in [0.29, 0.717) is 28.1 Å². The van der Waals surface area contributed by atoms with Gasteiger partial charge in [-0.25, -0.2) is 0 Å². The molecule has 2 aromatic rings. The number of nitrogens with one attached hydrogen (secondary N) is 1. The molecular formula is C18H19Cl2NO3. The van der Waals surface area contributed by atoms with E-state index in [9.17, 15) is 4.79 Å². The Labute approximate surface area is 151 Å². The largest absolute Gasteiger partial charge is 0.494 e. The summed E-state index contributed by atoms with van der Waals surface area (Å²) in [6.45, 7) is 2.69. The minimum atomic E-state index is -0.303. The number of amides is 1. The van der Waals surface area contributed by atoms with Crippen LogP contribution >= 0.6 is 23.2 Å². The first kappa shape index (κ1) is 18.4. The lowest BCUT2D eigenvalue weighted by Gasteiger charge is -2.10. The summed E-state index contributed by atoms with van der Waals surface area (Å²) in [5.74, 6) is 1.07. The van der Waals surface area contributed by atoms with Gasteiger partial charge >= 0.3 is 0 Å². The van der Waals surface area contributed by atoms with Crippen molar-refractivity contribution in [3.8, 4) is 11.5 Å². The van der Waals surface area contributed by atoms with Gasteiger partial charge in [-0.05, 0) is 48.9 Å². The molecule has 0 aromatic heterocycles. The van der Waals surface area contributed by atoms with Crippen molar-refractivity contribution < 1.29 is 14.3 Å². The lowest BCUT2D eigenvalue weighted by Crippen LogP contribution is -2.20. The molecule has 0 radical (unpaired) electrons. The molecule has 4 nitrogen and oxygen atoms in total. The fraction of sp³-hybridized carbons (Fsp3) is 0.278. The first-order chi connectivity index (χ1) is 11.6. The topological polar surface area (TPSA) is 47.6 Å². The van der Waals surface area contributed by atoms with Crippen LogP contribution in [-0.2, 0) is 4.79 Å².